The minimum atomic E-state index is 0.262. The smallest absolute Gasteiger partial charge is 0.0766 e. The van der Waals surface area contributed by atoms with Crippen LogP contribution in [0.1, 0.15) is 35.5 Å². The molecule has 114 valence electrons. The molecule has 21 heavy (non-hydrogen) atoms. The Labute approximate surface area is 143 Å². The number of benzene rings is 1. The van der Waals surface area contributed by atoms with E-state index in [0.717, 1.165) is 27.5 Å². The Hall–Kier alpha value is -0.650. The van der Waals surface area contributed by atoms with Crippen LogP contribution in [-0.2, 0) is 19.9 Å². The third-order valence-corrected chi connectivity index (χ3v) is 5.09. The van der Waals surface area contributed by atoms with Crippen molar-refractivity contribution in [3.05, 3.63) is 49.7 Å². The third-order valence-electron chi connectivity index (χ3n) is 3.72. The van der Waals surface area contributed by atoms with Crippen LogP contribution in [0, 0.1) is 6.92 Å². The lowest BCUT2D eigenvalue weighted by molar-refractivity contribution is 0.559. The van der Waals surface area contributed by atoms with E-state index < -0.39 is 0 Å². The van der Waals surface area contributed by atoms with Crippen molar-refractivity contribution in [1.82, 2.24) is 15.1 Å². The van der Waals surface area contributed by atoms with Crippen LogP contribution in [0.15, 0.2) is 27.1 Å². The summed E-state index contributed by atoms with van der Waals surface area (Å²) in [5, 5.41) is 8.00. The van der Waals surface area contributed by atoms with Crippen LogP contribution in [0.3, 0.4) is 0 Å². The van der Waals surface area contributed by atoms with Gasteiger partial charge in [0.25, 0.3) is 0 Å². The predicted octanol–water partition coefficient (Wildman–Crippen LogP) is 4.32. The van der Waals surface area contributed by atoms with Crippen LogP contribution in [0.2, 0.25) is 0 Å². The summed E-state index contributed by atoms with van der Waals surface area (Å²) in [5.41, 5.74) is 4.89. The van der Waals surface area contributed by atoms with Gasteiger partial charge in [-0.1, -0.05) is 28.9 Å². The molecule has 1 aromatic heterocycles. The normalized spacial score (nSPS) is 12.7. The van der Waals surface area contributed by atoms with E-state index in [2.05, 4.69) is 74.3 Å². The van der Waals surface area contributed by atoms with Gasteiger partial charge >= 0.3 is 0 Å². The molecule has 1 heterocycles. The second-order valence-electron chi connectivity index (χ2n) is 5.29. The summed E-state index contributed by atoms with van der Waals surface area (Å²) < 4.78 is 4.24. The van der Waals surface area contributed by atoms with Gasteiger partial charge in [0.05, 0.1) is 15.9 Å². The van der Waals surface area contributed by atoms with Crippen molar-refractivity contribution in [2.75, 3.05) is 7.05 Å². The molecular weight excluding hydrogens is 394 g/mol. The van der Waals surface area contributed by atoms with E-state index in [1.54, 1.807) is 0 Å². The molecule has 0 aliphatic carbocycles. The molecular formula is C16H21Br2N3. The lowest BCUT2D eigenvalue weighted by atomic mass is 10.00. The van der Waals surface area contributed by atoms with Crippen molar-refractivity contribution in [2.24, 2.45) is 7.05 Å². The number of nitrogens with one attached hydrogen (secondary N) is 1. The van der Waals surface area contributed by atoms with Crippen molar-refractivity contribution in [3.8, 4) is 0 Å². The minimum absolute atomic E-state index is 0.262. The summed E-state index contributed by atoms with van der Waals surface area (Å²) in [6, 6.07) is 6.80. The fraction of sp³-hybridized carbons (Fsp3) is 0.438. The molecule has 3 nitrogen and oxygen atoms in total. The SMILES string of the molecule is CCc1nn(C)c(CC(NC)c2cc(C)cc(Br)c2)c1Br. The van der Waals surface area contributed by atoms with Crippen LogP contribution >= 0.6 is 31.9 Å². The topological polar surface area (TPSA) is 29.9 Å². The average Bonchev–Trinajstić information content (AvgIpc) is 2.70. The fourth-order valence-corrected chi connectivity index (χ4v) is 3.99. The second kappa shape index (κ2) is 7.07. The van der Waals surface area contributed by atoms with Gasteiger partial charge in [0.15, 0.2) is 0 Å². The van der Waals surface area contributed by atoms with Gasteiger partial charge in [0, 0.05) is 24.0 Å². The first-order chi connectivity index (χ1) is 9.96. The monoisotopic (exact) mass is 413 g/mol. The Bertz CT molecular complexity index is 614. The molecule has 1 N–H and O–H groups in total. The van der Waals surface area contributed by atoms with E-state index in [1.807, 2.05) is 18.8 Å². The first-order valence-electron chi connectivity index (χ1n) is 7.10. The van der Waals surface area contributed by atoms with Crippen molar-refractivity contribution in [2.45, 2.75) is 32.7 Å². The quantitative estimate of drug-likeness (QED) is 0.789. The molecule has 2 aromatic rings. The van der Waals surface area contributed by atoms with Gasteiger partial charge in [-0.2, -0.15) is 5.10 Å². The minimum Gasteiger partial charge on any atom is -0.313 e. The van der Waals surface area contributed by atoms with Gasteiger partial charge in [-0.3, -0.25) is 4.68 Å². The molecule has 0 amide bonds. The predicted molar refractivity (Wildman–Crippen MR) is 94.7 cm³/mol. The molecule has 0 aliphatic rings. The first kappa shape index (κ1) is 16.7. The first-order valence-corrected chi connectivity index (χ1v) is 8.69. The highest BCUT2D eigenvalue weighted by molar-refractivity contribution is 9.10. The average molecular weight is 415 g/mol. The lowest BCUT2D eigenvalue weighted by Gasteiger charge is -2.18. The van der Waals surface area contributed by atoms with E-state index in [9.17, 15) is 0 Å². The molecule has 0 spiro atoms. The number of hydrogen-bond acceptors (Lipinski definition) is 2. The number of aryl methyl sites for hydroxylation is 3. The molecule has 0 radical (unpaired) electrons. The zero-order chi connectivity index (χ0) is 15.6. The van der Waals surface area contributed by atoms with Crippen LogP contribution in [0.4, 0.5) is 0 Å². The molecule has 0 saturated heterocycles. The van der Waals surface area contributed by atoms with E-state index in [4.69, 9.17) is 0 Å². The number of aromatic nitrogens is 2. The van der Waals surface area contributed by atoms with Crippen molar-refractivity contribution < 1.29 is 0 Å². The fourth-order valence-electron chi connectivity index (χ4n) is 2.59. The molecule has 5 heteroatoms. The Morgan fingerprint density at radius 1 is 1.29 bits per heavy atom. The number of likely N-dealkylation sites (N-methyl/N-ethyl adjacent to an activating group) is 1. The van der Waals surface area contributed by atoms with Crippen LogP contribution in [-0.4, -0.2) is 16.8 Å². The highest BCUT2D eigenvalue weighted by Crippen LogP contribution is 2.28. The van der Waals surface area contributed by atoms with E-state index in [1.165, 1.54) is 16.8 Å². The van der Waals surface area contributed by atoms with Crippen LogP contribution in [0.25, 0.3) is 0 Å². The molecule has 1 unspecified atom stereocenters. The van der Waals surface area contributed by atoms with E-state index in [0.29, 0.717) is 0 Å². The number of nitrogens with zero attached hydrogens (tertiary/aromatic N) is 2. The van der Waals surface area contributed by atoms with Gasteiger partial charge < -0.3 is 5.32 Å². The molecule has 1 aromatic carbocycles. The number of hydrogen-bond donors (Lipinski definition) is 1. The largest absolute Gasteiger partial charge is 0.313 e. The Balaban J connectivity index is 2.33. The van der Waals surface area contributed by atoms with Gasteiger partial charge in [-0.15, -0.1) is 0 Å². The van der Waals surface area contributed by atoms with Gasteiger partial charge in [-0.05, 0) is 59.6 Å². The number of halogens is 2. The second-order valence-corrected chi connectivity index (χ2v) is 7.00. The molecule has 2 rings (SSSR count). The van der Waals surface area contributed by atoms with Crippen molar-refractivity contribution in [1.29, 1.82) is 0 Å². The van der Waals surface area contributed by atoms with Crippen LogP contribution < -0.4 is 5.32 Å². The van der Waals surface area contributed by atoms with Gasteiger partial charge in [-0.25, -0.2) is 0 Å². The zero-order valence-corrected chi connectivity index (χ0v) is 16.0. The summed E-state index contributed by atoms with van der Waals surface area (Å²) in [6.07, 6.45) is 1.84. The number of rotatable bonds is 5. The highest BCUT2D eigenvalue weighted by Gasteiger charge is 2.18. The summed E-state index contributed by atoms with van der Waals surface area (Å²) in [4.78, 5) is 0. The van der Waals surface area contributed by atoms with Crippen molar-refractivity contribution in [3.63, 3.8) is 0 Å². The maximum atomic E-state index is 4.58. The molecule has 0 saturated carbocycles. The van der Waals surface area contributed by atoms with Crippen molar-refractivity contribution >= 4 is 31.9 Å². The molecule has 0 fully saturated rings. The zero-order valence-electron chi connectivity index (χ0n) is 12.9. The van der Waals surface area contributed by atoms with Gasteiger partial charge in [0.1, 0.15) is 0 Å². The summed E-state index contributed by atoms with van der Waals surface area (Å²) >= 11 is 7.29. The Morgan fingerprint density at radius 2 is 2.00 bits per heavy atom. The van der Waals surface area contributed by atoms with Gasteiger partial charge in [0.2, 0.25) is 0 Å². The maximum Gasteiger partial charge on any atom is 0.0766 e. The Kier molecular flexibility index (Phi) is 5.63. The molecule has 0 aliphatic heterocycles. The summed E-state index contributed by atoms with van der Waals surface area (Å²) in [5.74, 6) is 0. The maximum absolute atomic E-state index is 4.58. The summed E-state index contributed by atoms with van der Waals surface area (Å²) in [6.45, 7) is 4.25. The molecule has 0 bridgehead atoms. The highest BCUT2D eigenvalue weighted by atomic mass is 79.9. The third kappa shape index (κ3) is 3.76. The standard InChI is InChI=1S/C16H21Br2N3/c1-5-13-16(18)15(21(4)20-13)9-14(19-3)11-6-10(2)7-12(17)8-11/h6-8,14,19H,5,9H2,1-4H3. The lowest BCUT2D eigenvalue weighted by Crippen LogP contribution is -2.20. The van der Waals surface area contributed by atoms with Crippen LogP contribution in [0.5, 0.6) is 0 Å². The Morgan fingerprint density at radius 3 is 2.52 bits per heavy atom. The molecule has 1 atom stereocenters. The van der Waals surface area contributed by atoms with E-state index in [-0.39, 0.29) is 6.04 Å². The van der Waals surface area contributed by atoms with E-state index >= 15 is 0 Å². The summed E-state index contributed by atoms with van der Waals surface area (Å²) in [7, 11) is 4.02.